The van der Waals surface area contributed by atoms with Crippen molar-refractivity contribution in [2.45, 2.75) is 26.2 Å². The first-order chi connectivity index (χ1) is 7.04. The molecule has 0 aromatic heterocycles. The summed E-state index contributed by atoms with van der Waals surface area (Å²) < 4.78 is 5.44. The van der Waals surface area contributed by atoms with Crippen LogP contribution in [0.15, 0.2) is 35.9 Å². The van der Waals surface area contributed by atoms with Gasteiger partial charge in [0.05, 0.1) is 0 Å². The van der Waals surface area contributed by atoms with Crippen LogP contribution < -0.4 is 4.74 Å². The molecule has 0 amide bonds. The molecule has 1 aromatic carbocycles. The van der Waals surface area contributed by atoms with Gasteiger partial charge in [0.15, 0.2) is 0 Å². The predicted molar refractivity (Wildman–Crippen MR) is 65.6 cm³/mol. The maximum absolute atomic E-state index is 5.44. The Balaban J connectivity index is 2.64. The highest BCUT2D eigenvalue weighted by molar-refractivity contribution is 6.25. The predicted octanol–water partition coefficient (Wildman–Crippen LogP) is 4.12. The van der Waals surface area contributed by atoms with Gasteiger partial charge >= 0.3 is 0 Å². The van der Waals surface area contributed by atoms with E-state index in [2.05, 4.69) is 32.9 Å². The van der Waals surface area contributed by atoms with Crippen LogP contribution >= 0.6 is 11.6 Å². The lowest BCUT2D eigenvalue weighted by Crippen LogP contribution is -2.10. The summed E-state index contributed by atoms with van der Waals surface area (Å²) in [6.07, 6.45) is 1.76. The zero-order chi connectivity index (χ0) is 11.3. The lowest BCUT2D eigenvalue weighted by Gasteiger charge is -2.19. The maximum Gasteiger partial charge on any atom is 0.119 e. The largest absolute Gasteiger partial charge is 0.490 e. The topological polar surface area (TPSA) is 9.23 Å². The van der Waals surface area contributed by atoms with Gasteiger partial charge in [0.1, 0.15) is 12.4 Å². The van der Waals surface area contributed by atoms with E-state index in [1.54, 1.807) is 6.08 Å². The number of halogens is 1. The van der Waals surface area contributed by atoms with Crippen molar-refractivity contribution in [1.82, 2.24) is 0 Å². The molecular formula is C13H17ClO. The Morgan fingerprint density at radius 2 is 1.80 bits per heavy atom. The SMILES string of the molecule is CC(C)(C)c1ccc(OCC=CCl)cc1. The highest BCUT2D eigenvalue weighted by atomic mass is 35.5. The van der Waals surface area contributed by atoms with E-state index < -0.39 is 0 Å². The van der Waals surface area contributed by atoms with E-state index in [9.17, 15) is 0 Å². The van der Waals surface area contributed by atoms with Crippen molar-refractivity contribution in [1.29, 1.82) is 0 Å². The molecule has 0 atom stereocenters. The Morgan fingerprint density at radius 3 is 2.27 bits per heavy atom. The van der Waals surface area contributed by atoms with Crippen LogP contribution in [0.5, 0.6) is 5.75 Å². The van der Waals surface area contributed by atoms with E-state index in [4.69, 9.17) is 16.3 Å². The van der Waals surface area contributed by atoms with Crippen molar-refractivity contribution in [2.75, 3.05) is 6.61 Å². The molecule has 0 heterocycles. The molecule has 0 aliphatic carbocycles. The zero-order valence-electron chi connectivity index (χ0n) is 9.46. The van der Waals surface area contributed by atoms with Gasteiger partial charge in [-0.05, 0) is 29.2 Å². The molecule has 1 rings (SSSR count). The van der Waals surface area contributed by atoms with Crippen LogP contribution in [-0.4, -0.2) is 6.61 Å². The Bertz CT molecular complexity index is 319. The highest BCUT2D eigenvalue weighted by Gasteiger charge is 2.12. The Labute approximate surface area is 96.7 Å². The molecule has 1 nitrogen and oxygen atoms in total. The van der Waals surface area contributed by atoms with Gasteiger partial charge in [-0.2, -0.15) is 0 Å². The summed E-state index contributed by atoms with van der Waals surface area (Å²) in [7, 11) is 0. The molecule has 0 saturated carbocycles. The van der Waals surface area contributed by atoms with E-state index in [1.165, 1.54) is 11.1 Å². The molecule has 0 bridgehead atoms. The standard InChI is InChI=1S/C13H17ClO/c1-13(2,3)11-5-7-12(8-6-11)15-10-4-9-14/h4-9H,10H2,1-3H3. The van der Waals surface area contributed by atoms with Crippen molar-refractivity contribution in [2.24, 2.45) is 0 Å². The first-order valence-corrected chi connectivity index (χ1v) is 5.46. The summed E-state index contributed by atoms with van der Waals surface area (Å²) in [5.41, 5.74) is 2.96. The Kier molecular flexibility index (Phi) is 4.22. The fourth-order valence-corrected chi connectivity index (χ4v) is 1.30. The van der Waals surface area contributed by atoms with Crippen molar-refractivity contribution < 1.29 is 4.74 Å². The van der Waals surface area contributed by atoms with Gasteiger partial charge in [-0.3, -0.25) is 0 Å². The zero-order valence-corrected chi connectivity index (χ0v) is 10.2. The number of rotatable bonds is 3. The fraction of sp³-hybridized carbons (Fsp3) is 0.385. The summed E-state index contributed by atoms with van der Waals surface area (Å²) in [6.45, 7) is 7.09. The van der Waals surface area contributed by atoms with Gasteiger partial charge in [-0.1, -0.05) is 44.5 Å². The van der Waals surface area contributed by atoms with Crippen molar-refractivity contribution >= 4 is 11.6 Å². The van der Waals surface area contributed by atoms with Crippen molar-refractivity contribution in [3.05, 3.63) is 41.4 Å². The van der Waals surface area contributed by atoms with Gasteiger partial charge < -0.3 is 4.74 Å². The van der Waals surface area contributed by atoms with Gasteiger partial charge in [0, 0.05) is 5.54 Å². The van der Waals surface area contributed by atoms with Gasteiger partial charge in [-0.25, -0.2) is 0 Å². The lowest BCUT2D eigenvalue weighted by atomic mass is 9.87. The van der Waals surface area contributed by atoms with Crippen LogP contribution in [0.4, 0.5) is 0 Å². The summed E-state index contributed by atoms with van der Waals surface area (Å²) in [5, 5.41) is 0. The third-order valence-corrected chi connectivity index (χ3v) is 2.33. The summed E-state index contributed by atoms with van der Waals surface area (Å²) in [5.74, 6) is 0.873. The first-order valence-electron chi connectivity index (χ1n) is 5.02. The second-order valence-corrected chi connectivity index (χ2v) is 4.70. The molecule has 0 radical (unpaired) electrons. The minimum Gasteiger partial charge on any atom is -0.490 e. The lowest BCUT2D eigenvalue weighted by molar-refractivity contribution is 0.362. The van der Waals surface area contributed by atoms with Crippen LogP contribution in [0.25, 0.3) is 0 Å². The van der Waals surface area contributed by atoms with Crippen molar-refractivity contribution in [3.63, 3.8) is 0 Å². The molecule has 1 aromatic rings. The maximum atomic E-state index is 5.44. The average Bonchev–Trinajstić information content (AvgIpc) is 2.18. The number of ether oxygens (including phenoxy) is 1. The third-order valence-electron chi connectivity index (χ3n) is 2.16. The second kappa shape index (κ2) is 5.22. The molecule has 0 aliphatic heterocycles. The van der Waals surface area contributed by atoms with Gasteiger partial charge in [-0.15, -0.1) is 0 Å². The monoisotopic (exact) mass is 224 g/mol. The minimum atomic E-state index is 0.189. The van der Waals surface area contributed by atoms with Crippen LogP contribution in [0.2, 0.25) is 0 Å². The molecule has 15 heavy (non-hydrogen) atoms. The van der Waals surface area contributed by atoms with Crippen LogP contribution in [0, 0.1) is 0 Å². The third kappa shape index (κ3) is 3.96. The van der Waals surface area contributed by atoms with E-state index in [1.807, 2.05) is 12.1 Å². The molecule has 2 heteroatoms. The van der Waals surface area contributed by atoms with Gasteiger partial charge in [0.2, 0.25) is 0 Å². The minimum absolute atomic E-state index is 0.189. The molecule has 0 fully saturated rings. The number of hydrogen-bond donors (Lipinski definition) is 0. The first kappa shape index (κ1) is 12.1. The Morgan fingerprint density at radius 1 is 1.20 bits per heavy atom. The number of benzene rings is 1. The molecule has 0 saturated heterocycles. The highest BCUT2D eigenvalue weighted by Crippen LogP contribution is 2.24. The molecule has 0 N–H and O–H groups in total. The molecule has 0 spiro atoms. The summed E-state index contributed by atoms with van der Waals surface area (Å²) in [6, 6.07) is 8.17. The van der Waals surface area contributed by atoms with Crippen LogP contribution in [-0.2, 0) is 5.41 Å². The van der Waals surface area contributed by atoms with E-state index in [0.29, 0.717) is 6.61 Å². The van der Waals surface area contributed by atoms with E-state index in [-0.39, 0.29) is 5.41 Å². The summed E-state index contributed by atoms with van der Waals surface area (Å²) >= 11 is 5.39. The van der Waals surface area contributed by atoms with E-state index >= 15 is 0 Å². The smallest absolute Gasteiger partial charge is 0.119 e. The van der Waals surface area contributed by atoms with E-state index in [0.717, 1.165) is 5.75 Å². The molecule has 0 unspecified atom stereocenters. The van der Waals surface area contributed by atoms with Gasteiger partial charge in [0.25, 0.3) is 0 Å². The normalized spacial score (nSPS) is 12.0. The average molecular weight is 225 g/mol. The van der Waals surface area contributed by atoms with Crippen LogP contribution in [0.3, 0.4) is 0 Å². The molecule has 82 valence electrons. The Hall–Kier alpha value is -0.950. The second-order valence-electron chi connectivity index (χ2n) is 4.45. The summed E-state index contributed by atoms with van der Waals surface area (Å²) in [4.78, 5) is 0. The quantitative estimate of drug-likeness (QED) is 0.751. The molecule has 0 aliphatic rings. The van der Waals surface area contributed by atoms with Crippen LogP contribution in [0.1, 0.15) is 26.3 Å². The number of hydrogen-bond acceptors (Lipinski definition) is 1. The van der Waals surface area contributed by atoms with Crippen molar-refractivity contribution in [3.8, 4) is 5.75 Å². The fourth-order valence-electron chi connectivity index (χ4n) is 1.23. The molecular weight excluding hydrogens is 208 g/mol.